The third-order valence-electron chi connectivity index (χ3n) is 5.82. The SMILES string of the molecule is COc1cc2c(cc1OC)-c1c(OC)c(OC)cc3c1C(C2)N(C(C)=O)CC3. The fourth-order valence-electron chi connectivity index (χ4n) is 4.59. The topological polar surface area (TPSA) is 57.2 Å². The number of nitrogens with zero attached hydrogens (tertiary/aromatic N) is 1. The lowest BCUT2D eigenvalue weighted by atomic mass is 9.76. The number of benzene rings is 2. The Morgan fingerprint density at radius 3 is 2.18 bits per heavy atom. The van der Waals surface area contributed by atoms with Gasteiger partial charge in [0.15, 0.2) is 23.0 Å². The zero-order chi connectivity index (χ0) is 20.0. The number of methoxy groups -OCH3 is 4. The average molecular weight is 383 g/mol. The molecule has 1 aliphatic heterocycles. The molecule has 0 saturated heterocycles. The Kier molecular flexibility index (Phi) is 4.57. The number of amides is 1. The summed E-state index contributed by atoms with van der Waals surface area (Å²) in [6.45, 7) is 2.33. The highest BCUT2D eigenvalue weighted by atomic mass is 16.5. The number of fused-ring (bicyclic) bond motifs is 2. The van der Waals surface area contributed by atoms with Gasteiger partial charge in [0.25, 0.3) is 0 Å². The molecule has 0 radical (unpaired) electrons. The maximum Gasteiger partial charge on any atom is 0.219 e. The van der Waals surface area contributed by atoms with Gasteiger partial charge in [0.2, 0.25) is 5.91 Å². The number of carbonyl (C=O) groups excluding carboxylic acids is 1. The second kappa shape index (κ2) is 6.93. The van der Waals surface area contributed by atoms with Crippen LogP contribution in [0.5, 0.6) is 23.0 Å². The van der Waals surface area contributed by atoms with Gasteiger partial charge in [-0.25, -0.2) is 0 Å². The van der Waals surface area contributed by atoms with Crippen LogP contribution in [0.15, 0.2) is 18.2 Å². The van der Waals surface area contributed by atoms with Crippen molar-refractivity contribution in [1.29, 1.82) is 0 Å². The Hall–Kier alpha value is -2.89. The van der Waals surface area contributed by atoms with Crippen molar-refractivity contribution in [2.24, 2.45) is 0 Å². The summed E-state index contributed by atoms with van der Waals surface area (Å²) < 4.78 is 22.5. The summed E-state index contributed by atoms with van der Waals surface area (Å²) in [4.78, 5) is 14.3. The molecule has 6 nitrogen and oxygen atoms in total. The van der Waals surface area contributed by atoms with Gasteiger partial charge in [0.05, 0.1) is 34.5 Å². The number of rotatable bonds is 4. The van der Waals surface area contributed by atoms with Gasteiger partial charge in [-0.3, -0.25) is 4.79 Å². The molecule has 1 atom stereocenters. The van der Waals surface area contributed by atoms with Crippen LogP contribution < -0.4 is 18.9 Å². The van der Waals surface area contributed by atoms with Crippen molar-refractivity contribution >= 4 is 5.91 Å². The second-order valence-corrected chi connectivity index (χ2v) is 7.11. The summed E-state index contributed by atoms with van der Waals surface area (Å²) in [6, 6.07) is 6.02. The van der Waals surface area contributed by atoms with Crippen LogP contribution in [0.1, 0.15) is 29.7 Å². The number of ether oxygens (including phenoxy) is 4. The van der Waals surface area contributed by atoms with Gasteiger partial charge < -0.3 is 23.8 Å². The molecule has 1 heterocycles. The monoisotopic (exact) mass is 383 g/mol. The predicted molar refractivity (Wildman–Crippen MR) is 106 cm³/mol. The molecule has 1 unspecified atom stereocenters. The van der Waals surface area contributed by atoms with Crippen molar-refractivity contribution in [3.63, 3.8) is 0 Å². The first-order chi connectivity index (χ1) is 13.5. The fourth-order valence-corrected chi connectivity index (χ4v) is 4.59. The van der Waals surface area contributed by atoms with Crippen molar-refractivity contribution in [2.45, 2.75) is 25.8 Å². The first-order valence-corrected chi connectivity index (χ1v) is 9.34. The van der Waals surface area contributed by atoms with Crippen molar-refractivity contribution in [3.05, 3.63) is 34.9 Å². The molecule has 28 heavy (non-hydrogen) atoms. The molecule has 0 N–H and O–H groups in total. The molecule has 6 heteroatoms. The first kappa shape index (κ1) is 18.5. The van der Waals surface area contributed by atoms with E-state index in [-0.39, 0.29) is 11.9 Å². The van der Waals surface area contributed by atoms with Crippen LogP contribution in [0, 0.1) is 0 Å². The summed E-state index contributed by atoms with van der Waals surface area (Å²) in [5.74, 6) is 2.81. The zero-order valence-corrected chi connectivity index (χ0v) is 16.9. The van der Waals surface area contributed by atoms with E-state index in [1.165, 1.54) is 5.56 Å². The minimum Gasteiger partial charge on any atom is -0.493 e. The lowest BCUT2D eigenvalue weighted by Crippen LogP contribution is -2.41. The minimum absolute atomic E-state index is 0.0262. The van der Waals surface area contributed by atoms with E-state index in [1.807, 2.05) is 23.1 Å². The van der Waals surface area contributed by atoms with Crippen LogP contribution >= 0.6 is 0 Å². The predicted octanol–water partition coefficient (Wildman–Crippen LogP) is 3.39. The minimum atomic E-state index is -0.0262. The third-order valence-corrected chi connectivity index (χ3v) is 5.82. The quantitative estimate of drug-likeness (QED) is 0.810. The summed E-state index contributed by atoms with van der Waals surface area (Å²) in [5.41, 5.74) is 5.47. The molecule has 2 aromatic carbocycles. The standard InChI is InChI=1S/C22H25NO5/c1-12(24)23-7-6-13-9-19(27-4)22(28-5)21-15-11-18(26-3)17(25-2)10-14(15)8-16(23)20(13)21/h9-11,16H,6-8H2,1-5H3. The van der Waals surface area contributed by atoms with E-state index in [1.54, 1.807) is 35.4 Å². The molecule has 1 amide bonds. The van der Waals surface area contributed by atoms with E-state index >= 15 is 0 Å². The molecule has 0 saturated carbocycles. The van der Waals surface area contributed by atoms with Gasteiger partial charge in [-0.2, -0.15) is 0 Å². The maximum atomic E-state index is 12.4. The number of hydrogen-bond acceptors (Lipinski definition) is 5. The van der Waals surface area contributed by atoms with E-state index in [0.717, 1.165) is 35.1 Å². The van der Waals surface area contributed by atoms with Crippen LogP contribution in [-0.4, -0.2) is 45.8 Å². The molecule has 2 aliphatic rings. The largest absolute Gasteiger partial charge is 0.493 e. The molecule has 0 fully saturated rings. The first-order valence-electron chi connectivity index (χ1n) is 9.34. The van der Waals surface area contributed by atoms with Crippen LogP contribution in [-0.2, 0) is 17.6 Å². The second-order valence-electron chi connectivity index (χ2n) is 7.11. The van der Waals surface area contributed by atoms with Crippen LogP contribution in [0.2, 0.25) is 0 Å². The number of carbonyl (C=O) groups is 1. The fraction of sp³-hybridized carbons (Fsp3) is 0.409. The van der Waals surface area contributed by atoms with E-state index in [0.29, 0.717) is 29.5 Å². The molecule has 4 rings (SSSR count). The maximum absolute atomic E-state index is 12.4. The van der Waals surface area contributed by atoms with Crippen LogP contribution in [0.3, 0.4) is 0 Å². The van der Waals surface area contributed by atoms with E-state index < -0.39 is 0 Å². The Bertz CT molecular complexity index is 953. The summed E-state index contributed by atoms with van der Waals surface area (Å²) >= 11 is 0. The smallest absolute Gasteiger partial charge is 0.219 e. The molecule has 0 spiro atoms. The van der Waals surface area contributed by atoms with Gasteiger partial charge in [-0.15, -0.1) is 0 Å². The van der Waals surface area contributed by atoms with Gasteiger partial charge in [0.1, 0.15) is 0 Å². The van der Waals surface area contributed by atoms with E-state index in [4.69, 9.17) is 18.9 Å². The van der Waals surface area contributed by atoms with Crippen molar-refractivity contribution < 1.29 is 23.7 Å². The van der Waals surface area contributed by atoms with E-state index in [2.05, 4.69) is 0 Å². The van der Waals surface area contributed by atoms with Gasteiger partial charge >= 0.3 is 0 Å². The molecule has 1 aliphatic carbocycles. The van der Waals surface area contributed by atoms with Crippen LogP contribution in [0.4, 0.5) is 0 Å². The van der Waals surface area contributed by atoms with Gasteiger partial charge in [0, 0.05) is 19.0 Å². The van der Waals surface area contributed by atoms with Crippen molar-refractivity contribution in [2.75, 3.05) is 35.0 Å². The molecule has 2 aromatic rings. The summed E-state index contributed by atoms with van der Waals surface area (Å²) in [7, 11) is 6.56. The Morgan fingerprint density at radius 1 is 0.929 bits per heavy atom. The van der Waals surface area contributed by atoms with Crippen LogP contribution in [0.25, 0.3) is 11.1 Å². The molecular weight excluding hydrogens is 358 g/mol. The zero-order valence-electron chi connectivity index (χ0n) is 16.9. The highest BCUT2D eigenvalue weighted by Gasteiger charge is 2.39. The van der Waals surface area contributed by atoms with Gasteiger partial charge in [-0.05, 0) is 53.3 Å². The van der Waals surface area contributed by atoms with E-state index in [9.17, 15) is 4.79 Å². The molecule has 148 valence electrons. The highest BCUT2D eigenvalue weighted by molar-refractivity contribution is 5.86. The van der Waals surface area contributed by atoms with Crippen molar-refractivity contribution in [3.8, 4) is 34.1 Å². The third kappa shape index (κ3) is 2.58. The molecule has 0 bridgehead atoms. The normalized spacial score (nSPS) is 16.8. The molecular formula is C22H25NO5. The summed E-state index contributed by atoms with van der Waals surface area (Å²) in [5, 5.41) is 0. The average Bonchev–Trinajstić information content (AvgIpc) is 2.71. The Balaban J connectivity index is 2.06. The summed E-state index contributed by atoms with van der Waals surface area (Å²) in [6.07, 6.45) is 1.52. The van der Waals surface area contributed by atoms with Crippen molar-refractivity contribution in [1.82, 2.24) is 4.90 Å². The number of hydrogen-bond donors (Lipinski definition) is 0. The Morgan fingerprint density at radius 2 is 1.57 bits per heavy atom. The Labute approximate surface area is 165 Å². The highest BCUT2D eigenvalue weighted by Crippen LogP contribution is 2.54. The lowest BCUT2D eigenvalue weighted by molar-refractivity contribution is -0.131. The van der Waals surface area contributed by atoms with Gasteiger partial charge in [-0.1, -0.05) is 0 Å². The molecule has 0 aromatic heterocycles. The lowest BCUT2D eigenvalue weighted by Gasteiger charge is -2.42.